The molecule has 3 N–H and O–H groups in total. The van der Waals surface area contributed by atoms with Crippen LogP contribution in [-0.4, -0.2) is 47.4 Å². The number of hydrogen-bond donors (Lipinski definition) is 3. The Morgan fingerprint density at radius 2 is 0.613 bits per heavy atom. The van der Waals surface area contributed by atoms with Crippen LogP contribution in [-0.2, 0) is 14.3 Å². The number of amides is 1. The number of hydrogen-bond acceptors (Lipinski definition) is 5. The van der Waals surface area contributed by atoms with Crippen molar-refractivity contribution in [3.63, 3.8) is 0 Å². The van der Waals surface area contributed by atoms with Gasteiger partial charge in [0.05, 0.1) is 25.4 Å². The highest BCUT2D eigenvalue weighted by atomic mass is 16.5. The standard InChI is InChI=1S/C69H135NO5/c1-3-5-7-9-11-13-15-16-35-39-43-47-51-55-59-63-69(74)75-64-60-56-52-48-44-40-37-34-32-30-28-26-24-22-20-18-17-19-21-23-25-27-29-31-33-36-38-42-46-50-54-58-62-68(73)70-66(65-71)67(72)61-57-53-49-45-41-14-12-10-8-6-4-2/h57,61,66-67,71-72H,3-56,58-60,62-65H2,1-2H3,(H,70,73)/b61-57+. The zero-order valence-electron chi connectivity index (χ0n) is 51.1. The molecule has 2 unspecified atom stereocenters. The summed E-state index contributed by atoms with van der Waals surface area (Å²) < 4.78 is 5.50. The Hall–Kier alpha value is -1.40. The van der Waals surface area contributed by atoms with E-state index >= 15 is 0 Å². The molecular weight excluding hydrogens is 923 g/mol. The lowest BCUT2D eigenvalue weighted by Crippen LogP contribution is -2.45. The van der Waals surface area contributed by atoms with Gasteiger partial charge in [-0.15, -0.1) is 0 Å². The zero-order chi connectivity index (χ0) is 54.3. The number of unbranched alkanes of at least 4 members (excludes halogenated alkanes) is 54. The van der Waals surface area contributed by atoms with Crippen LogP contribution in [0, 0.1) is 0 Å². The molecule has 0 aliphatic rings. The number of nitrogens with one attached hydrogen (secondary N) is 1. The maximum Gasteiger partial charge on any atom is 0.305 e. The van der Waals surface area contributed by atoms with E-state index in [1.807, 2.05) is 6.08 Å². The number of esters is 1. The lowest BCUT2D eigenvalue weighted by atomic mass is 10.0. The quantitative estimate of drug-likeness (QED) is 0.0320. The van der Waals surface area contributed by atoms with Crippen LogP contribution >= 0.6 is 0 Å². The summed E-state index contributed by atoms with van der Waals surface area (Å²) in [4.78, 5) is 24.5. The summed E-state index contributed by atoms with van der Waals surface area (Å²) in [6.07, 6.45) is 80.2. The van der Waals surface area contributed by atoms with Crippen LogP contribution in [0.1, 0.15) is 393 Å². The number of allylic oxidation sites excluding steroid dienone is 1. The maximum absolute atomic E-state index is 12.4. The summed E-state index contributed by atoms with van der Waals surface area (Å²) in [5, 5.41) is 23.1. The predicted molar refractivity (Wildman–Crippen MR) is 329 cm³/mol. The molecule has 6 nitrogen and oxygen atoms in total. The van der Waals surface area contributed by atoms with Crippen LogP contribution in [0.15, 0.2) is 12.2 Å². The summed E-state index contributed by atoms with van der Waals surface area (Å²) in [6, 6.07) is -0.622. The van der Waals surface area contributed by atoms with Gasteiger partial charge in [0.2, 0.25) is 5.91 Å². The minimum Gasteiger partial charge on any atom is -0.466 e. The Morgan fingerprint density at radius 3 is 0.907 bits per heavy atom. The van der Waals surface area contributed by atoms with Gasteiger partial charge in [-0.05, 0) is 32.1 Å². The lowest BCUT2D eigenvalue weighted by molar-refractivity contribution is -0.143. The maximum atomic E-state index is 12.4. The number of rotatable bonds is 65. The molecule has 0 radical (unpaired) electrons. The van der Waals surface area contributed by atoms with Crippen molar-refractivity contribution >= 4 is 11.9 Å². The highest BCUT2D eigenvalue weighted by Crippen LogP contribution is 2.19. The van der Waals surface area contributed by atoms with E-state index in [4.69, 9.17) is 4.74 Å². The Balaban J connectivity index is 3.29. The summed E-state index contributed by atoms with van der Waals surface area (Å²) in [7, 11) is 0. The molecule has 0 aliphatic heterocycles. The van der Waals surface area contributed by atoms with Crippen molar-refractivity contribution in [2.24, 2.45) is 0 Å². The first kappa shape index (κ1) is 73.6. The predicted octanol–water partition coefficient (Wildman–Crippen LogP) is 22.0. The summed E-state index contributed by atoms with van der Waals surface area (Å²) >= 11 is 0. The van der Waals surface area contributed by atoms with Crippen molar-refractivity contribution in [3.05, 3.63) is 12.2 Å². The smallest absolute Gasteiger partial charge is 0.305 e. The summed E-state index contributed by atoms with van der Waals surface area (Å²) in [6.45, 7) is 4.93. The SMILES string of the molecule is CCCCCCCCCCC/C=C/C(O)C(CO)NC(=O)CCCCCCCCCCCCCCCCCCCCCCCCCCCCCCCCCCOC(=O)CCCCCCCCCCCCCCCCC. The first-order valence-corrected chi connectivity index (χ1v) is 34.5. The van der Waals surface area contributed by atoms with E-state index in [1.165, 1.54) is 327 Å². The number of aliphatic hydroxyl groups excluding tert-OH is 2. The van der Waals surface area contributed by atoms with Gasteiger partial charge in [0.25, 0.3) is 0 Å². The number of aliphatic hydroxyl groups is 2. The van der Waals surface area contributed by atoms with Gasteiger partial charge in [0.1, 0.15) is 0 Å². The van der Waals surface area contributed by atoms with Gasteiger partial charge >= 0.3 is 5.97 Å². The van der Waals surface area contributed by atoms with Crippen LogP contribution in [0.5, 0.6) is 0 Å². The number of ether oxygens (including phenoxy) is 1. The molecule has 0 aromatic heterocycles. The fourth-order valence-corrected chi connectivity index (χ4v) is 11.1. The molecule has 0 saturated carbocycles. The minimum atomic E-state index is -0.839. The molecule has 0 saturated heterocycles. The molecular formula is C69H135NO5. The number of carbonyl (C=O) groups excluding carboxylic acids is 2. The van der Waals surface area contributed by atoms with Gasteiger partial charge in [-0.1, -0.05) is 360 Å². The van der Waals surface area contributed by atoms with Crippen molar-refractivity contribution in [1.82, 2.24) is 5.32 Å². The Morgan fingerprint density at radius 1 is 0.360 bits per heavy atom. The highest BCUT2D eigenvalue weighted by Gasteiger charge is 2.18. The van der Waals surface area contributed by atoms with Gasteiger partial charge < -0.3 is 20.3 Å². The van der Waals surface area contributed by atoms with E-state index in [1.54, 1.807) is 6.08 Å². The second kappa shape index (κ2) is 65.1. The van der Waals surface area contributed by atoms with Crippen molar-refractivity contribution in [1.29, 1.82) is 0 Å². The van der Waals surface area contributed by atoms with Crippen LogP contribution in [0.25, 0.3) is 0 Å². The third kappa shape index (κ3) is 61.7. The average Bonchev–Trinajstić information content (AvgIpc) is 3.41. The van der Waals surface area contributed by atoms with Crippen LogP contribution in [0.4, 0.5) is 0 Å². The Labute approximate surface area is 469 Å². The van der Waals surface area contributed by atoms with Gasteiger partial charge in [0.15, 0.2) is 0 Å². The first-order valence-electron chi connectivity index (χ1n) is 34.5. The van der Waals surface area contributed by atoms with Crippen LogP contribution in [0.2, 0.25) is 0 Å². The van der Waals surface area contributed by atoms with E-state index < -0.39 is 12.1 Å². The molecule has 6 heteroatoms. The lowest BCUT2D eigenvalue weighted by Gasteiger charge is -2.20. The molecule has 446 valence electrons. The Bertz CT molecular complexity index is 1130. The third-order valence-corrected chi connectivity index (χ3v) is 16.3. The Kier molecular flexibility index (Phi) is 63.9. The minimum absolute atomic E-state index is 0.0245. The van der Waals surface area contributed by atoms with Gasteiger partial charge in [-0.25, -0.2) is 0 Å². The molecule has 1 amide bonds. The van der Waals surface area contributed by atoms with Crippen molar-refractivity contribution in [2.45, 2.75) is 405 Å². The monoisotopic (exact) mass is 1060 g/mol. The van der Waals surface area contributed by atoms with Gasteiger partial charge in [-0.2, -0.15) is 0 Å². The van der Waals surface area contributed by atoms with Gasteiger partial charge in [0, 0.05) is 12.8 Å². The molecule has 0 rings (SSSR count). The normalized spacial score (nSPS) is 12.5. The summed E-state index contributed by atoms with van der Waals surface area (Å²) in [5.41, 5.74) is 0. The molecule has 0 aromatic rings. The first-order chi connectivity index (χ1) is 37.0. The van der Waals surface area contributed by atoms with Gasteiger partial charge in [-0.3, -0.25) is 9.59 Å². The molecule has 0 spiro atoms. The molecule has 75 heavy (non-hydrogen) atoms. The fraction of sp³-hybridized carbons (Fsp3) is 0.942. The molecule has 0 aromatic carbocycles. The molecule has 0 aliphatic carbocycles. The molecule has 2 atom stereocenters. The average molecular weight is 1060 g/mol. The second-order valence-electron chi connectivity index (χ2n) is 23.9. The van der Waals surface area contributed by atoms with E-state index in [9.17, 15) is 19.8 Å². The second-order valence-corrected chi connectivity index (χ2v) is 23.9. The van der Waals surface area contributed by atoms with Crippen molar-refractivity contribution < 1.29 is 24.5 Å². The van der Waals surface area contributed by atoms with Crippen LogP contribution < -0.4 is 5.32 Å². The molecule has 0 fully saturated rings. The number of carbonyl (C=O) groups is 2. The highest BCUT2D eigenvalue weighted by molar-refractivity contribution is 5.76. The zero-order valence-corrected chi connectivity index (χ0v) is 51.1. The topological polar surface area (TPSA) is 95.9 Å². The summed E-state index contributed by atoms with van der Waals surface area (Å²) in [5.74, 6) is -0.0382. The van der Waals surface area contributed by atoms with E-state index in [2.05, 4.69) is 19.2 Å². The van der Waals surface area contributed by atoms with Crippen molar-refractivity contribution in [3.8, 4) is 0 Å². The largest absolute Gasteiger partial charge is 0.466 e. The fourth-order valence-electron chi connectivity index (χ4n) is 11.1. The van der Waals surface area contributed by atoms with Crippen LogP contribution in [0.3, 0.4) is 0 Å². The van der Waals surface area contributed by atoms with E-state index in [-0.39, 0.29) is 18.5 Å². The van der Waals surface area contributed by atoms with E-state index in [0.717, 1.165) is 38.5 Å². The molecule has 0 heterocycles. The van der Waals surface area contributed by atoms with Crippen molar-refractivity contribution in [2.75, 3.05) is 13.2 Å². The third-order valence-electron chi connectivity index (χ3n) is 16.3. The molecule has 0 bridgehead atoms. The van der Waals surface area contributed by atoms with E-state index in [0.29, 0.717) is 19.4 Å².